The van der Waals surface area contributed by atoms with Gasteiger partial charge in [0.1, 0.15) is 5.82 Å². The molecule has 0 aromatic heterocycles. The fraction of sp³-hybridized carbons (Fsp3) is 0.462. The molecule has 1 atom stereocenters. The van der Waals surface area contributed by atoms with Crippen LogP contribution in [0.3, 0.4) is 0 Å². The van der Waals surface area contributed by atoms with Gasteiger partial charge in [-0.3, -0.25) is 0 Å². The number of carbonyl (C=O) groups is 1. The molecule has 2 amide bonds. The Labute approximate surface area is 111 Å². The highest BCUT2D eigenvalue weighted by Gasteiger charge is 2.22. The topological polar surface area (TPSA) is 32.3 Å². The molecule has 1 aliphatic heterocycles. The van der Waals surface area contributed by atoms with Crippen LogP contribution in [0.25, 0.3) is 0 Å². The van der Waals surface area contributed by atoms with Crippen molar-refractivity contribution < 1.29 is 9.18 Å². The Morgan fingerprint density at radius 3 is 2.83 bits per heavy atom. The standard InChI is InChI=1S/C13H17FN2OS/c1-18-12-3-2-8-16(9-12)13(17)15-11-6-4-10(14)5-7-11/h4-7,12H,2-3,8-9H2,1H3,(H,15,17). The van der Waals surface area contributed by atoms with Crippen molar-refractivity contribution in [1.29, 1.82) is 0 Å². The van der Waals surface area contributed by atoms with Crippen LogP contribution in [0.2, 0.25) is 0 Å². The third kappa shape index (κ3) is 3.38. The molecule has 98 valence electrons. The molecule has 0 bridgehead atoms. The van der Waals surface area contributed by atoms with Gasteiger partial charge in [-0.2, -0.15) is 11.8 Å². The number of nitrogens with one attached hydrogen (secondary N) is 1. The van der Waals surface area contributed by atoms with Gasteiger partial charge in [-0.1, -0.05) is 0 Å². The van der Waals surface area contributed by atoms with Gasteiger partial charge in [-0.15, -0.1) is 0 Å². The summed E-state index contributed by atoms with van der Waals surface area (Å²) in [6, 6.07) is 5.74. The van der Waals surface area contributed by atoms with Gasteiger partial charge in [0.15, 0.2) is 0 Å². The molecule has 3 nitrogen and oxygen atoms in total. The van der Waals surface area contributed by atoms with E-state index in [2.05, 4.69) is 11.6 Å². The Morgan fingerprint density at radius 2 is 2.17 bits per heavy atom. The second-order valence-corrected chi connectivity index (χ2v) is 5.52. The smallest absolute Gasteiger partial charge is 0.321 e. The van der Waals surface area contributed by atoms with Crippen LogP contribution < -0.4 is 5.32 Å². The van der Waals surface area contributed by atoms with Crippen LogP contribution in [-0.2, 0) is 0 Å². The van der Waals surface area contributed by atoms with E-state index in [1.807, 2.05) is 4.90 Å². The molecule has 18 heavy (non-hydrogen) atoms. The van der Waals surface area contributed by atoms with Crippen molar-refractivity contribution in [3.8, 4) is 0 Å². The lowest BCUT2D eigenvalue weighted by molar-refractivity contribution is 0.201. The van der Waals surface area contributed by atoms with Gasteiger partial charge in [0.25, 0.3) is 0 Å². The molecule has 2 rings (SSSR count). The summed E-state index contributed by atoms with van der Waals surface area (Å²) in [6.45, 7) is 1.58. The molecule has 1 unspecified atom stereocenters. The SMILES string of the molecule is CSC1CCCN(C(=O)Nc2ccc(F)cc2)C1. The van der Waals surface area contributed by atoms with Crippen LogP contribution in [0.15, 0.2) is 24.3 Å². The van der Waals surface area contributed by atoms with Crippen LogP contribution in [0.5, 0.6) is 0 Å². The quantitative estimate of drug-likeness (QED) is 0.893. The highest BCUT2D eigenvalue weighted by molar-refractivity contribution is 7.99. The second kappa shape index (κ2) is 6.09. The molecule has 1 N–H and O–H groups in total. The number of amides is 2. The van der Waals surface area contributed by atoms with Crippen LogP contribution in [0.4, 0.5) is 14.9 Å². The van der Waals surface area contributed by atoms with E-state index in [0.29, 0.717) is 10.9 Å². The van der Waals surface area contributed by atoms with Crippen molar-refractivity contribution >= 4 is 23.5 Å². The predicted octanol–water partition coefficient (Wildman–Crippen LogP) is 3.19. The Hall–Kier alpha value is -1.23. The molecule has 5 heteroatoms. The van der Waals surface area contributed by atoms with E-state index in [-0.39, 0.29) is 11.8 Å². The summed E-state index contributed by atoms with van der Waals surface area (Å²) >= 11 is 1.80. The van der Waals surface area contributed by atoms with Crippen LogP contribution in [0, 0.1) is 5.82 Å². The number of piperidine rings is 1. The van der Waals surface area contributed by atoms with E-state index in [0.717, 1.165) is 19.5 Å². The zero-order valence-corrected chi connectivity index (χ0v) is 11.2. The lowest BCUT2D eigenvalue weighted by Gasteiger charge is -2.31. The number of hydrogen-bond acceptors (Lipinski definition) is 2. The fourth-order valence-electron chi connectivity index (χ4n) is 2.05. The molecule has 1 fully saturated rings. The van der Waals surface area contributed by atoms with Gasteiger partial charge in [-0.05, 0) is 43.4 Å². The summed E-state index contributed by atoms with van der Waals surface area (Å²) in [5.41, 5.74) is 0.632. The number of carbonyl (C=O) groups excluding carboxylic acids is 1. The third-order valence-electron chi connectivity index (χ3n) is 3.09. The average Bonchev–Trinajstić information content (AvgIpc) is 2.41. The molecule has 0 spiro atoms. The Morgan fingerprint density at radius 1 is 1.44 bits per heavy atom. The monoisotopic (exact) mass is 268 g/mol. The number of halogens is 1. The first kappa shape index (κ1) is 13.2. The molecular weight excluding hydrogens is 251 g/mol. The lowest BCUT2D eigenvalue weighted by Crippen LogP contribution is -2.43. The first-order chi connectivity index (χ1) is 8.69. The van der Waals surface area contributed by atoms with Gasteiger partial charge in [0.2, 0.25) is 0 Å². The number of benzene rings is 1. The highest BCUT2D eigenvalue weighted by Crippen LogP contribution is 2.20. The van der Waals surface area contributed by atoms with Gasteiger partial charge >= 0.3 is 6.03 Å². The van der Waals surface area contributed by atoms with Crippen molar-refractivity contribution in [2.75, 3.05) is 24.7 Å². The van der Waals surface area contributed by atoms with Gasteiger partial charge in [0.05, 0.1) is 0 Å². The third-order valence-corrected chi connectivity index (χ3v) is 4.15. The number of rotatable bonds is 2. The summed E-state index contributed by atoms with van der Waals surface area (Å²) in [5, 5.41) is 3.32. The summed E-state index contributed by atoms with van der Waals surface area (Å²) in [4.78, 5) is 13.9. The Bertz CT molecular complexity index is 410. The van der Waals surface area contributed by atoms with Crippen molar-refractivity contribution in [1.82, 2.24) is 4.90 Å². The van der Waals surface area contributed by atoms with E-state index >= 15 is 0 Å². The number of hydrogen-bond donors (Lipinski definition) is 1. The van der Waals surface area contributed by atoms with E-state index in [4.69, 9.17) is 0 Å². The number of anilines is 1. The first-order valence-corrected chi connectivity index (χ1v) is 7.32. The number of urea groups is 1. The second-order valence-electron chi connectivity index (χ2n) is 4.38. The maximum absolute atomic E-state index is 12.7. The first-order valence-electron chi connectivity index (χ1n) is 6.03. The van der Waals surface area contributed by atoms with E-state index in [1.165, 1.54) is 18.6 Å². The zero-order valence-electron chi connectivity index (χ0n) is 10.4. The molecule has 0 radical (unpaired) electrons. The normalized spacial score (nSPS) is 19.7. The molecular formula is C13H17FN2OS. The average molecular weight is 268 g/mol. The predicted molar refractivity (Wildman–Crippen MR) is 73.5 cm³/mol. The fourth-order valence-corrected chi connectivity index (χ4v) is 2.78. The molecule has 1 aromatic rings. The lowest BCUT2D eigenvalue weighted by atomic mass is 10.1. The van der Waals surface area contributed by atoms with Crippen LogP contribution in [-0.4, -0.2) is 35.5 Å². The minimum Gasteiger partial charge on any atom is -0.323 e. The molecule has 1 saturated heterocycles. The maximum atomic E-state index is 12.7. The molecule has 1 heterocycles. The van der Waals surface area contributed by atoms with Crippen LogP contribution in [0.1, 0.15) is 12.8 Å². The van der Waals surface area contributed by atoms with Crippen molar-refractivity contribution in [2.45, 2.75) is 18.1 Å². The van der Waals surface area contributed by atoms with E-state index in [1.54, 1.807) is 23.9 Å². The largest absolute Gasteiger partial charge is 0.323 e. The number of likely N-dealkylation sites (tertiary alicyclic amines) is 1. The summed E-state index contributed by atoms with van der Waals surface area (Å²) in [5.74, 6) is -0.298. The Balaban J connectivity index is 1.93. The molecule has 1 aromatic carbocycles. The Kier molecular flexibility index (Phi) is 4.47. The highest BCUT2D eigenvalue weighted by atomic mass is 32.2. The molecule has 0 aliphatic carbocycles. The van der Waals surface area contributed by atoms with Gasteiger partial charge < -0.3 is 10.2 Å². The van der Waals surface area contributed by atoms with Crippen molar-refractivity contribution in [3.05, 3.63) is 30.1 Å². The van der Waals surface area contributed by atoms with Crippen LogP contribution >= 0.6 is 11.8 Å². The van der Waals surface area contributed by atoms with Crippen molar-refractivity contribution in [3.63, 3.8) is 0 Å². The van der Waals surface area contributed by atoms with E-state index < -0.39 is 0 Å². The summed E-state index contributed by atoms with van der Waals surface area (Å²) < 4.78 is 12.7. The van der Waals surface area contributed by atoms with E-state index in [9.17, 15) is 9.18 Å². The maximum Gasteiger partial charge on any atom is 0.321 e. The number of nitrogens with zero attached hydrogens (tertiary/aromatic N) is 1. The van der Waals surface area contributed by atoms with Crippen molar-refractivity contribution in [2.24, 2.45) is 0 Å². The molecule has 1 aliphatic rings. The summed E-state index contributed by atoms with van der Waals surface area (Å²) in [7, 11) is 0. The molecule has 0 saturated carbocycles. The van der Waals surface area contributed by atoms with Gasteiger partial charge in [0, 0.05) is 24.0 Å². The minimum absolute atomic E-state index is 0.0969. The summed E-state index contributed by atoms with van der Waals surface area (Å²) in [6.07, 6.45) is 4.29. The zero-order chi connectivity index (χ0) is 13.0. The van der Waals surface area contributed by atoms with Gasteiger partial charge in [-0.25, -0.2) is 9.18 Å². The minimum atomic E-state index is -0.298. The number of thioether (sulfide) groups is 1.